The Morgan fingerprint density at radius 2 is 2.25 bits per heavy atom. The quantitative estimate of drug-likeness (QED) is 0.427. The highest BCUT2D eigenvalue weighted by Gasteiger charge is 2.23. The number of aliphatic hydroxyl groups excluding tert-OH is 1. The van der Waals surface area contributed by atoms with Crippen LogP contribution in [-0.4, -0.2) is 23.9 Å². The third kappa shape index (κ3) is 5.17. The molecule has 0 spiro atoms. The van der Waals surface area contributed by atoms with E-state index in [1.165, 1.54) is 0 Å². The van der Waals surface area contributed by atoms with Crippen LogP contribution in [0.4, 0.5) is 4.79 Å². The maximum atomic E-state index is 10.9. The number of diazo groups is 1. The zero-order valence-corrected chi connectivity index (χ0v) is 9.51. The van der Waals surface area contributed by atoms with E-state index in [4.69, 9.17) is 10.2 Å². The number of nitrogens with one attached hydrogen (secondary N) is 1. The molecular weight excluding hydrogens is 214 g/mol. The number of hydrogen-bond donors (Lipinski definition) is 2. The molecule has 0 rings (SSSR count). The number of hydroxylamine groups is 1. The second-order valence-corrected chi connectivity index (χ2v) is 3.27. The van der Waals surface area contributed by atoms with Crippen LogP contribution in [0.1, 0.15) is 20.8 Å². The number of aliphatic hydroxyl groups is 1. The number of carbonyl (C=O) groups is 1. The molecule has 0 bridgehead atoms. The Hall–Kier alpha value is -1.81. The Morgan fingerprint density at radius 3 is 2.69 bits per heavy atom. The van der Waals surface area contributed by atoms with Crippen molar-refractivity contribution < 1.29 is 19.5 Å². The van der Waals surface area contributed by atoms with Gasteiger partial charge in [-0.05, 0) is 12.8 Å². The fourth-order valence-corrected chi connectivity index (χ4v) is 0.943. The van der Waals surface area contributed by atoms with Gasteiger partial charge in [0.05, 0.1) is 6.61 Å². The minimum atomic E-state index is -0.805. The minimum Gasteiger partial charge on any atom is -0.503 e. The van der Waals surface area contributed by atoms with Gasteiger partial charge in [-0.1, -0.05) is 13.8 Å². The Balaban J connectivity index is 4.32. The summed E-state index contributed by atoms with van der Waals surface area (Å²) < 4.78 is 4.56. The fraction of sp³-hybridized carbons (Fsp3) is 0.667. The van der Waals surface area contributed by atoms with Crippen molar-refractivity contribution >= 4 is 6.09 Å². The molecule has 0 aromatic heterocycles. The van der Waals surface area contributed by atoms with Gasteiger partial charge in [0.1, 0.15) is 0 Å². The van der Waals surface area contributed by atoms with Crippen LogP contribution < -0.4 is 5.48 Å². The Labute approximate surface area is 93.6 Å². The first-order valence-corrected chi connectivity index (χ1v) is 4.84. The van der Waals surface area contributed by atoms with Crippen molar-refractivity contribution in [3.63, 3.8) is 0 Å². The fourth-order valence-electron chi connectivity index (χ4n) is 0.943. The molecule has 7 heteroatoms. The Kier molecular flexibility index (Phi) is 6.63. The summed E-state index contributed by atoms with van der Waals surface area (Å²) in [6, 6.07) is 0. The first-order valence-electron chi connectivity index (χ1n) is 4.84. The summed E-state index contributed by atoms with van der Waals surface area (Å²) in [5.74, 6) is -0.422. The van der Waals surface area contributed by atoms with E-state index in [-0.39, 0.29) is 18.3 Å². The average Bonchev–Trinajstić information content (AvgIpc) is 2.18. The van der Waals surface area contributed by atoms with E-state index < -0.39 is 12.2 Å². The number of nitrogens with zero attached hydrogens (tertiary/aromatic N) is 2. The van der Waals surface area contributed by atoms with E-state index in [9.17, 15) is 9.90 Å². The minimum absolute atomic E-state index is 0.125. The van der Waals surface area contributed by atoms with Gasteiger partial charge in [-0.2, -0.15) is 5.48 Å². The lowest BCUT2D eigenvalue weighted by Crippen LogP contribution is -2.34. The highest BCUT2D eigenvalue weighted by Crippen LogP contribution is 2.13. The highest BCUT2D eigenvalue weighted by atomic mass is 16.7. The van der Waals surface area contributed by atoms with Crippen molar-refractivity contribution in [2.45, 2.75) is 26.9 Å². The molecule has 1 atom stereocenters. The van der Waals surface area contributed by atoms with Crippen LogP contribution in [0.15, 0.2) is 12.0 Å². The molecule has 0 fully saturated rings. The van der Waals surface area contributed by atoms with Crippen LogP contribution in [0, 0.1) is 11.3 Å². The number of amides is 1. The van der Waals surface area contributed by atoms with Gasteiger partial charge < -0.3 is 9.84 Å². The predicted octanol–water partition coefficient (Wildman–Crippen LogP) is 1.94. The Bertz CT molecular complexity index is 296. The lowest BCUT2D eigenvalue weighted by Gasteiger charge is -2.18. The normalized spacial score (nSPS) is 13.1. The highest BCUT2D eigenvalue weighted by molar-refractivity contribution is 5.65. The summed E-state index contributed by atoms with van der Waals surface area (Å²) in [6.07, 6.45) is -0.723. The molecule has 7 nitrogen and oxygen atoms in total. The van der Waals surface area contributed by atoms with Gasteiger partial charge in [0.15, 0.2) is 11.1 Å². The summed E-state index contributed by atoms with van der Waals surface area (Å²) in [7, 11) is 0. The largest absolute Gasteiger partial charge is 0.503 e. The van der Waals surface area contributed by atoms with Gasteiger partial charge in [-0.3, -0.25) is 4.84 Å². The third-order valence-corrected chi connectivity index (χ3v) is 1.63. The summed E-state index contributed by atoms with van der Waals surface area (Å²) in [5, 5.41) is 17.7. The van der Waals surface area contributed by atoms with Gasteiger partial charge in [-0.25, -0.2) is 4.79 Å². The molecule has 16 heavy (non-hydrogen) atoms. The molecule has 0 heterocycles. The van der Waals surface area contributed by atoms with Gasteiger partial charge in [0, 0.05) is 0 Å². The van der Waals surface area contributed by atoms with Crippen molar-refractivity contribution in [1.29, 1.82) is 5.39 Å². The first kappa shape index (κ1) is 14.2. The molecule has 2 N–H and O–H groups in total. The second-order valence-electron chi connectivity index (χ2n) is 3.27. The van der Waals surface area contributed by atoms with Crippen molar-refractivity contribution in [2.75, 3.05) is 6.61 Å². The molecule has 0 unspecified atom stereocenters. The number of rotatable bonds is 5. The molecule has 0 saturated heterocycles. The van der Waals surface area contributed by atoms with Crippen LogP contribution in [-0.2, 0) is 9.57 Å². The first-order chi connectivity index (χ1) is 7.52. The standard InChI is InChI=1S/C9H15N3O4/c1-4-15-9(14)12-16-8(6(2)3)7(13)5-11-10/h5-6,8H,4H2,1-3H3,(H-,12,13,14)/p+1/b7-5-/t8-/m1/s1. The van der Waals surface area contributed by atoms with Gasteiger partial charge in [0.2, 0.25) is 11.2 Å². The smallest absolute Gasteiger partial charge is 0.431 e. The van der Waals surface area contributed by atoms with Crippen LogP contribution in [0.5, 0.6) is 0 Å². The topological polar surface area (TPSA) is 95.9 Å². The zero-order chi connectivity index (χ0) is 12.6. The van der Waals surface area contributed by atoms with Crippen LogP contribution >= 0.6 is 0 Å². The maximum Gasteiger partial charge on any atom is 0.431 e. The van der Waals surface area contributed by atoms with Crippen molar-refractivity contribution in [1.82, 2.24) is 5.48 Å². The van der Waals surface area contributed by atoms with Gasteiger partial charge in [0.25, 0.3) is 0 Å². The van der Waals surface area contributed by atoms with Crippen LogP contribution in [0.2, 0.25) is 0 Å². The van der Waals surface area contributed by atoms with E-state index >= 15 is 0 Å². The van der Waals surface area contributed by atoms with E-state index in [0.717, 1.165) is 6.20 Å². The SMILES string of the molecule is CCOC(=O)NO[C@@H](/C(O)=C/[N+]#N)C(C)C. The van der Waals surface area contributed by atoms with Crippen molar-refractivity contribution in [3.05, 3.63) is 16.9 Å². The summed E-state index contributed by atoms with van der Waals surface area (Å²) in [4.78, 5) is 18.5. The summed E-state index contributed by atoms with van der Waals surface area (Å²) in [6.45, 7) is 5.40. The lowest BCUT2D eigenvalue weighted by molar-refractivity contribution is -0.0416. The summed E-state index contributed by atoms with van der Waals surface area (Å²) >= 11 is 0. The third-order valence-electron chi connectivity index (χ3n) is 1.63. The molecule has 0 saturated carbocycles. The number of carbonyl (C=O) groups excluding carboxylic acids is 1. The predicted molar refractivity (Wildman–Crippen MR) is 55.7 cm³/mol. The van der Waals surface area contributed by atoms with Gasteiger partial charge in [-0.15, -0.1) is 0 Å². The molecule has 0 radical (unpaired) electrons. The van der Waals surface area contributed by atoms with Gasteiger partial charge >= 0.3 is 12.3 Å². The number of ether oxygens (including phenoxy) is 1. The van der Waals surface area contributed by atoms with Crippen molar-refractivity contribution in [3.8, 4) is 0 Å². The molecule has 1 amide bonds. The van der Waals surface area contributed by atoms with E-state index in [2.05, 4.69) is 9.71 Å². The van der Waals surface area contributed by atoms with E-state index in [1.807, 2.05) is 5.48 Å². The molecule has 0 aliphatic rings. The van der Waals surface area contributed by atoms with Crippen molar-refractivity contribution in [2.24, 2.45) is 5.92 Å². The van der Waals surface area contributed by atoms with Crippen LogP contribution in [0.3, 0.4) is 0 Å². The van der Waals surface area contributed by atoms with E-state index in [0.29, 0.717) is 0 Å². The number of hydrogen-bond acceptors (Lipinski definition) is 5. The molecule has 0 aliphatic carbocycles. The molecule has 90 valence electrons. The van der Waals surface area contributed by atoms with E-state index in [1.54, 1.807) is 20.8 Å². The summed E-state index contributed by atoms with van der Waals surface area (Å²) in [5.41, 5.74) is 2.02. The molecule has 0 aromatic rings. The second kappa shape index (κ2) is 7.48. The maximum absolute atomic E-state index is 10.9. The molecule has 0 aliphatic heterocycles. The zero-order valence-electron chi connectivity index (χ0n) is 9.51. The molecular formula is C9H16N3O4+. The molecule has 0 aromatic carbocycles. The average molecular weight is 230 g/mol. The lowest BCUT2D eigenvalue weighted by atomic mass is 10.1. The van der Waals surface area contributed by atoms with Crippen LogP contribution in [0.25, 0.3) is 4.98 Å². The monoisotopic (exact) mass is 230 g/mol. The Morgan fingerprint density at radius 1 is 1.62 bits per heavy atom.